The average Bonchev–Trinajstić information content (AvgIpc) is 3.48. The Morgan fingerprint density at radius 1 is 0.578 bits per heavy atom. The molecule has 6 heteroatoms. The second kappa shape index (κ2) is 10.5. The molecule has 0 saturated carbocycles. The van der Waals surface area contributed by atoms with E-state index in [2.05, 4.69) is 122 Å². The van der Waals surface area contributed by atoms with Crippen LogP contribution in [0, 0.1) is 0 Å². The SMILES string of the molecule is CCc1nc2cc(-c3ccc([Si](c4ccccc4)(c4ccccc4)c4ccccc4)cc3)cc3c2n1-c1ccccc1S3(=O)=O. The zero-order valence-electron chi connectivity index (χ0n) is 24.8. The van der Waals surface area contributed by atoms with Gasteiger partial charge in [0.15, 0.2) is 8.07 Å². The third-order valence-electron chi connectivity index (χ3n) is 9.06. The lowest BCUT2D eigenvalue weighted by molar-refractivity contribution is 0.594. The monoisotopic (exact) mass is 618 g/mol. The number of imidazole rings is 1. The van der Waals surface area contributed by atoms with E-state index in [1.165, 1.54) is 20.7 Å². The van der Waals surface area contributed by atoms with Crippen LogP contribution in [0.15, 0.2) is 161 Å². The molecule has 4 nitrogen and oxygen atoms in total. The van der Waals surface area contributed by atoms with Crippen molar-refractivity contribution < 1.29 is 8.42 Å². The molecule has 0 spiro atoms. The topological polar surface area (TPSA) is 52.0 Å². The highest BCUT2D eigenvalue weighted by molar-refractivity contribution is 7.92. The number of sulfone groups is 1. The molecule has 0 N–H and O–H groups in total. The fourth-order valence-electron chi connectivity index (χ4n) is 7.05. The molecule has 0 bridgehead atoms. The Bertz CT molecular complexity index is 2200. The van der Waals surface area contributed by atoms with Crippen LogP contribution in [0.5, 0.6) is 0 Å². The van der Waals surface area contributed by atoms with E-state index in [1.807, 2.05) is 28.8 Å². The van der Waals surface area contributed by atoms with Gasteiger partial charge in [-0.05, 0) is 56.1 Å². The van der Waals surface area contributed by atoms with Gasteiger partial charge in [0.25, 0.3) is 0 Å². The Morgan fingerprint density at radius 3 is 1.64 bits per heavy atom. The van der Waals surface area contributed by atoms with E-state index < -0.39 is 17.9 Å². The molecule has 218 valence electrons. The molecule has 6 aromatic carbocycles. The summed E-state index contributed by atoms with van der Waals surface area (Å²) in [6.45, 7) is 2.05. The highest BCUT2D eigenvalue weighted by Gasteiger charge is 2.41. The van der Waals surface area contributed by atoms with E-state index >= 15 is 0 Å². The van der Waals surface area contributed by atoms with E-state index in [0.29, 0.717) is 32.9 Å². The van der Waals surface area contributed by atoms with Crippen LogP contribution in [0.4, 0.5) is 0 Å². The lowest BCUT2D eigenvalue weighted by atomic mass is 10.1. The van der Waals surface area contributed by atoms with Gasteiger partial charge in [-0.15, -0.1) is 0 Å². The van der Waals surface area contributed by atoms with E-state index in [4.69, 9.17) is 4.98 Å². The third-order valence-corrected chi connectivity index (χ3v) is 15.7. The zero-order chi connectivity index (χ0) is 30.6. The molecule has 7 aromatic rings. The summed E-state index contributed by atoms with van der Waals surface area (Å²) in [7, 11) is -6.39. The first kappa shape index (κ1) is 27.5. The van der Waals surface area contributed by atoms with E-state index in [-0.39, 0.29) is 0 Å². The predicted octanol–water partition coefficient (Wildman–Crippen LogP) is 5.78. The summed E-state index contributed by atoms with van der Waals surface area (Å²) in [4.78, 5) is 5.57. The third kappa shape index (κ3) is 4.10. The first-order valence-corrected chi connectivity index (χ1v) is 18.7. The van der Waals surface area contributed by atoms with Crippen LogP contribution in [0.2, 0.25) is 0 Å². The summed E-state index contributed by atoms with van der Waals surface area (Å²) in [5.74, 6) is 0.852. The van der Waals surface area contributed by atoms with Gasteiger partial charge in [-0.1, -0.05) is 134 Å². The predicted molar refractivity (Wildman–Crippen MR) is 185 cm³/mol. The molecule has 0 amide bonds. The van der Waals surface area contributed by atoms with Crippen LogP contribution in [0.25, 0.3) is 27.8 Å². The van der Waals surface area contributed by atoms with Crippen molar-refractivity contribution in [1.82, 2.24) is 9.55 Å². The van der Waals surface area contributed by atoms with Crippen LogP contribution in [-0.4, -0.2) is 26.0 Å². The average molecular weight is 619 g/mol. The van der Waals surface area contributed by atoms with Gasteiger partial charge in [0.2, 0.25) is 9.84 Å². The number of nitrogens with zero attached hydrogens (tertiary/aromatic N) is 2. The number of para-hydroxylation sites is 1. The van der Waals surface area contributed by atoms with Gasteiger partial charge in [0.1, 0.15) is 5.82 Å². The van der Waals surface area contributed by atoms with E-state index in [1.54, 1.807) is 12.1 Å². The number of aromatic nitrogens is 2. The molecule has 1 aliphatic heterocycles. The smallest absolute Gasteiger partial charge is 0.210 e. The van der Waals surface area contributed by atoms with Crippen LogP contribution < -0.4 is 20.7 Å². The summed E-state index contributed by atoms with van der Waals surface area (Å²) >= 11 is 0. The first-order valence-electron chi connectivity index (χ1n) is 15.2. The largest absolute Gasteiger partial charge is 0.294 e. The maximum atomic E-state index is 14.0. The van der Waals surface area contributed by atoms with Crippen LogP contribution in [0.1, 0.15) is 12.7 Å². The molecular weight excluding hydrogens is 589 g/mol. The molecular formula is C39H30N2O2SSi. The van der Waals surface area contributed by atoms with Crippen LogP contribution >= 0.6 is 0 Å². The Balaban J connectivity index is 1.34. The van der Waals surface area contributed by atoms with Crippen molar-refractivity contribution in [2.24, 2.45) is 0 Å². The summed E-state index contributed by atoms with van der Waals surface area (Å²) in [6.07, 6.45) is 0.692. The lowest BCUT2D eigenvalue weighted by Crippen LogP contribution is -2.74. The number of hydrogen-bond donors (Lipinski definition) is 0. The number of rotatable bonds is 6. The lowest BCUT2D eigenvalue weighted by Gasteiger charge is -2.34. The van der Waals surface area contributed by atoms with Gasteiger partial charge in [-0.3, -0.25) is 4.57 Å². The van der Waals surface area contributed by atoms with Gasteiger partial charge in [-0.2, -0.15) is 0 Å². The number of fused-ring (bicyclic) bond motifs is 2. The van der Waals surface area contributed by atoms with Crippen molar-refractivity contribution in [2.45, 2.75) is 23.1 Å². The second-order valence-corrected chi connectivity index (χ2v) is 17.2. The van der Waals surface area contributed by atoms with Crippen LogP contribution in [-0.2, 0) is 16.3 Å². The Hall–Kier alpha value is -5.04. The zero-order valence-corrected chi connectivity index (χ0v) is 26.6. The number of hydrogen-bond acceptors (Lipinski definition) is 3. The molecule has 2 heterocycles. The standard InChI is InChI=1S/C39H30N2O2SSi/c1-2-38-40-34-26-29(27-37-39(34)41(38)35-20-12-13-21-36(35)44(37,42)43)28-22-24-33(25-23-28)45(30-14-6-3-7-15-30,31-16-8-4-9-17-31)32-18-10-5-11-19-32/h3-27H,2H2,1H3. The molecule has 0 atom stereocenters. The summed E-state index contributed by atoms with van der Waals surface area (Å²) < 4.78 is 30.0. The molecule has 1 aliphatic rings. The van der Waals surface area contributed by atoms with Crippen LogP contribution in [0.3, 0.4) is 0 Å². The van der Waals surface area contributed by atoms with Gasteiger partial charge in [0, 0.05) is 6.42 Å². The van der Waals surface area contributed by atoms with Gasteiger partial charge >= 0.3 is 0 Å². The maximum absolute atomic E-state index is 14.0. The van der Waals surface area contributed by atoms with E-state index in [9.17, 15) is 8.42 Å². The minimum absolute atomic E-state index is 0.312. The molecule has 0 radical (unpaired) electrons. The Morgan fingerprint density at radius 2 is 1.09 bits per heavy atom. The summed E-state index contributed by atoms with van der Waals surface area (Å²) in [5.41, 5.74) is 3.82. The molecule has 0 fully saturated rings. The fraction of sp³-hybridized carbons (Fsp3) is 0.0513. The van der Waals surface area contributed by atoms with Crippen molar-refractivity contribution in [2.75, 3.05) is 0 Å². The fourth-order valence-corrected chi connectivity index (χ4v) is 13.5. The van der Waals surface area contributed by atoms with Crippen molar-refractivity contribution in [3.63, 3.8) is 0 Å². The number of benzene rings is 6. The Labute approximate surface area is 264 Å². The summed E-state index contributed by atoms with van der Waals surface area (Å²) in [5, 5.41) is 5.19. The molecule has 0 aliphatic carbocycles. The molecule has 0 saturated heterocycles. The van der Waals surface area contributed by atoms with Gasteiger partial charge in [-0.25, -0.2) is 13.4 Å². The highest BCUT2D eigenvalue weighted by atomic mass is 32.2. The quantitative estimate of drug-likeness (QED) is 0.176. The van der Waals surface area contributed by atoms with Crippen molar-refractivity contribution in [3.05, 3.63) is 157 Å². The minimum Gasteiger partial charge on any atom is -0.294 e. The second-order valence-electron chi connectivity index (χ2n) is 11.5. The summed E-state index contributed by atoms with van der Waals surface area (Å²) in [6, 6.07) is 52.3. The first-order chi connectivity index (χ1) is 22.0. The molecule has 8 rings (SSSR count). The Kier molecular flexibility index (Phi) is 6.44. The maximum Gasteiger partial charge on any atom is 0.210 e. The number of aryl methyl sites for hydroxylation is 1. The molecule has 45 heavy (non-hydrogen) atoms. The van der Waals surface area contributed by atoms with Gasteiger partial charge in [0.05, 0.1) is 26.5 Å². The van der Waals surface area contributed by atoms with Gasteiger partial charge < -0.3 is 0 Å². The highest BCUT2D eigenvalue weighted by Crippen LogP contribution is 2.41. The van der Waals surface area contributed by atoms with Crippen molar-refractivity contribution in [3.8, 4) is 16.8 Å². The van der Waals surface area contributed by atoms with Crippen molar-refractivity contribution >= 4 is 49.7 Å². The molecule has 1 aromatic heterocycles. The molecule has 0 unspecified atom stereocenters. The normalized spacial score (nSPS) is 13.4. The van der Waals surface area contributed by atoms with E-state index in [0.717, 1.165) is 17.0 Å². The van der Waals surface area contributed by atoms with Crippen molar-refractivity contribution in [1.29, 1.82) is 0 Å². The minimum atomic E-state index is -3.73.